The van der Waals surface area contributed by atoms with E-state index in [1.807, 2.05) is 0 Å². The van der Waals surface area contributed by atoms with Gasteiger partial charge in [0.2, 0.25) is 0 Å². The maximum atomic E-state index is 8.88. The minimum Gasteiger partial charge on any atom is 0 e. The summed E-state index contributed by atoms with van der Waals surface area (Å²) in [6, 6.07) is 0. The summed E-state index contributed by atoms with van der Waals surface area (Å²) in [6.45, 7) is 0. The van der Waals surface area contributed by atoms with Crippen molar-refractivity contribution in [1.29, 1.82) is 0 Å². The van der Waals surface area contributed by atoms with Crippen molar-refractivity contribution in [3.63, 3.8) is 0 Å². The van der Waals surface area contributed by atoms with E-state index in [1.165, 1.54) is 0 Å². The first-order chi connectivity index (χ1) is 3.41. The van der Waals surface area contributed by atoms with Gasteiger partial charge in [0.25, 0.3) is 0 Å². The molecule has 9 heteroatoms. The van der Waals surface area contributed by atoms with Crippen molar-refractivity contribution in [2.24, 2.45) is 0 Å². The summed E-state index contributed by atoms with van der Waals surface area (Å²) >= 11 is 1.01. The molecule has 0 aliphatic heterocycles. The number of hydrogen-bond donors (Lipinski definition) is 3. The van der Waals surface area contributed by atoms with Crippen LogP contribution in [0.2, 0.25) is 0 Å². The van der Waals surface area contributed by atoms with Crippen molar-refractivity contribution in [3.8, 4) is 0 Å². The van der Waals surface area contributed by atoms with Crippen LogP contribution in [0.25, 0.3) is 0 Å². The van der Waals surface area contributed by atoms with Crippen LogP contribution in [-0.4, -0.2) is 14.7 Å². The third-order valence-electron chi connectivity index (χ3n) is 0. The van der Waals surface area contributed by atoms with Crippen LogP contribution < -0.4 is 0 Å². The maximum Gasteiger partial charge on any atom is 0 e. The van der Waals surface area contributed by atoms with E-state index in [4.69, 9.17) is 19.2 Å². The van der Waals surface area contributed by atoms with E-state index in [-0.39, 0.29) is 26.2 Å². The minimum absolute atomic E-state index is 0. The molecule has 0 heterocycles. The molecule has 0 rings (SSSR count). The Balaban J connectivity index is -0.0000000800. The second kappa shape index (κ2) is 10.3. The molecule has 0 saturated carbocycles. The molecule has 0 aromatic rings. The molecule has 4 nitrogen and oxygen atoms in total. The van der Waals surface area contributed by atoms with Crippen molar-refractivity contribution < 1.29 is 57.7 Å². The molecule has 0 amide bonds. The summed E-state index contributed by atoms with van der Waals surface area (Å²) in [6.07, 6.45) is 0. The fourth-order valence-electron chi connectivity index (χ4n) is 0. The Labute approximate surface area is 79.8 Å². The van der Waals surface area contributed by atoms with Crippen molar-refractivity contribution >= 4 is 22.5 Å². The predicted octanol–water partition coefficient (Wildman–Crippen LogP) is 0.789. The maximum absolute atomic E-state index is 8.88. The van der Waals surface area contributed by atoms with Crippen LogP contribution >= 0.6 is 22.5 Å². The van der Waals surface area contributed by atoms with Gasteiger partial charge >= 0.3 is 34.8 Å². The second-order valence-electron chi connectivity index (χ2n) is 0.577. The number of hydrogen-bond acceptors (Lipinski definition) is 1. The smallest absolute Gasteiger partial charge is 0 e. The van der Waals surface area contributed by atoms with E-state index in [0.29, 0.717) is 0 Å². The van der Waals surface area contributed by atoms with Gasteiger partial charge in [-0.05, 0) is 0 Å². The zero-order valence-corrected chi connectivity index (χ0v) is 10.0. The van der Waals surface area contributed by atoms with Gasteiger partial charge < -0.3 is 14.7 Å². The first-order valence-electron chi connectivity index (χ1n) is 1.07. The van der Waals surface area contributed by atoms with Gasteiger partial charge in [0.15, 0.2) is 0 Å². The Hall–Kier alpha value is 2.35. The molecular formula is H3NiO4P3Zr. The molecule has 56 valence electrons. The van der Waals surface area contributed by atoms with E-state index in [2.05, 4.69) is 14.7 Å². The topological polar surface area (TPSA) is 77.8 Å². The third kappa shape index (κ3) is 131. The van der Waals surface area contributed by atoms with E-state index in [0.717, 1.165) is 12.2 Å². The SMILES string of the molecule is O=P(O)(O)O.[P]#[Ni]#[P].[Zr]. The van der Waals surface area contributed by atoms with Gasteiger partial charge in [0, 0.05) is 26.2 Å². The van der Waals surface area contributed by atoms with Crippen molar-refractivity contribution in [3.05, 3.63) is 0 Å². The Morgan fingerprint density at radius 3 is 1.22 bits per heavy atom. The molecular weight excluding hydrogens is 307 g/mol. The fraction of sp³-hybridized carbons (Fsp3) is 0. The molecule has 0 aliphatic rings. The van der Waals surface area contributed by atoms with E-state index < -0.39 is 7.82 Å². The zero-order valence-electron chi connectivity index (χ0n) is 3.91. The molecule has 0 aliphatic carbocycles. The molecule has 3 N–H and O–H groups in total. The predicted molar refractivity (Wildman–Crippen MR) is 28.1 cm³/mol. The Morgan fingerprint density at radius 1 is 1.22 bits per heavy atom. The van der Waals surface area contributed by atoms with Crippen LogP contribution in [0.3, 0.4) is 0 Å². The largest absolute Gasteiger partial charge is 0 e. The van der Waals surface area contributed by atoms with Crippen molar-refractivity contribution in [2.75, 3.05) is 0 Å². The van der Waals surface area contributed by atoms with Gasteiger partial charge in [-0.15, -0.1) is 0 Å². The van der Waals surface area contributed by atoms with Gasteiger partial charge in [0.05, 0.1) is 0 Å². The standard InChI is InChI=1S/Ni.H3O4P.2P.Zr/c;1-5(2,3)4;;;/h;(H3,1,2,3,4);;;. The molecule has 0 bridgehead atoms. The van der Waals surface area contributed by atoms with Crippen LogP contribution in [0.1, 0.15) is 0 Å². The quantitative estimate of drug-likeness (QED) is 0.457. The monoisotopic (exact) mass is 308 g/mol. The summed E-state index contributed by atoms with van der Waals surface area (Å²) in [5.41, 5.74) is 0. The summed E-state index contributed by atoms with van der Waals surface area (Å²) < 4.78 is 8.88. The molecule has 0 aromatic heterocycles. The van der Waals surface area contributed by atoms with Gasteiger partial charge in [-0.25, -0.2) is 4.57 Å². The summed E-state index contributed by atoms with van der Waals surface area (Å²) in [5, 5.41) is 0. The Bertz CT molecular complexity index is 184. The molecule has 0 unspecified atom stereocenters. The van der Waals surface area contributed by atoms with Crippen LogP contribution in [-0.2, 0) is 43.0 Å². The third-order valence-corrected chi connectivity index (χ3v) is 0. The van der Waals surface area contributed by atoms with E-state index in [1.54, 1.807) is 0 Å². The van der Waals surface area contributed by atoms with Gasteiger partial charge in [0.1, 0.15) is 0 Å². The first-order valence-corrected chi connectivity index (χ1v) is 5.85. The van der Waals surface area contributed by atoms with E-state index >= 15 is 0 Å². The van der Waals surface area contributed by atoms with Crippen molar-refractivity contribution in [2.45, 2.75) is 0 Å². The summed E-state index contributed by atoms with van der Waals surface area (Å²) in [7, 11) is 2.54. The fourth-order valence-corrected chi connectivity index (χ4v) is 0. The number of phosphoric acid groups is 1. The van der Waals surface area contributed by atoms with E-state index in [9.17, 15) is 0 Å². The summed E-state index contributed by atoms with van der Waals surface area (Å²) in [5.74, 6) is 0. The Morgan fingerprint density at radius 2 is 1.22 bits per heavy atom. The molecule has 0 radical (unpaired) electrons. The van der Waals surface area contributed by atoms with Gasteiger partial charge in [-0.3, -0.25) is 0 Å². The molecule has 0 fully saturated rings. The van der Waals surface area contributed by atoms with Crippen LogP contribution in [0.15, 0.2) is 0 Å². The van der Waals surface area contributed by atoms with Crippen molar-refractivity contribution in [1.82, 2.24) is 0 Å². The first kappa shape index (κ1) is 17.4. The normalized spacial score (nSPS) is 8.11. The zero-order chi connectivity index (χ0) is 7.21. The number of rotatable bonds is 0. The average Bonchev–Trinajstić information content (AvgIpc) is 1.27. The van der Waals surface area contributed by atoms with Gasteiger partial charge in [-0.2, -0.15) is 0 Å². The molecule has 0 atom stereocenters. The summed E-state index contributed by atoms with van der Waals surface area (Å²) in [4.78, 5) is 21.6. The van der Waals surface area contributed by atoms with Gasteiger partial charge in [-0.1, -0.05) is 0 Å². The van der Waals surface area contributed by atoms with Crippen LogP contribution in [0, 0.1) is 0 Å². The minimum atomic E-state index is -4.64. The molecule has 0 saturated heterocycles. The Kier molecular flexibility index (Phi) is 20.0. The molecule has 9 heavy (non-hydrogen) atoms. The second-order valence-corrected chi connectivity index (χ2v) is 3.89. The average molecular weight is 310 g/mol. The molecule has 0 aromatic carbocycles. The molecule has 0 spiro atoms. The van der Waals surface area contributed by atoms with Crippen LogP contribution in [0.5, 0.6) is 0 Å². The van der Waals surface area contributed by atoms with Crippen LogP contribution in [0.4, 0.5) is 0 Å².